The molecule has 0 unspecified atom stereocenters. The molecule has 3 aromatic carbocycles. The molecule has 29 heavy (non-hydrogen) atoms. The number of carbonyl (C=O) groups excluding carboxylic acids is 3. The number of hydrogen-bond donors (Lipinski definition) is 1. The quantitative estimate of drug-likeness (QED) is 0.658. The highest BCUT2D eigenvalue weighted by atomic mass is 16.5. The van der Waals surface area contributed by atoms with Crippen LogP contribution in [0.25, 0.3) is 10.8 Å². The summed E-state index contributed by atoms with van der Waals surface area (Å²) in [6.07, 6.45) is 0.0474. The van der Waals surface area contributed by atoms with Crippen molar-refractivity contribution in [2.45, 2.75) is 13.0 Å². The maximum Gasteiger partial charge on any atom is 0.261 e. The van der Waals surface area contributed by atoms with Crippen LogP contribution in [0.2, 0.25) is 0 Å². The van der Waals surface area contributed by atoms with Crippen LogP contribution in [-0.4, -0.2) is 36.3 Å². The fourth-order valence-electron chi connectivity index (χ4n) is 3.53. The van der Waals surface area contributed by atoms with E-state index in [4.69, 9.17) is 4.74 Å². The summed E-state index contributed by atoms with van der Waals surface area (Å²) in [4.78, 5) is 39.1. The highest BCUT2D eigenvalue weighted by Crippen LogP contribution is 2.29. The molecule has 0 aliphatic carbocycles. The number of rotatable bonds is 6. The molecule has 1 aliphatic heterocycles. The van der Waals surface area contributed by atoms with Crippen LogP contribution in [0.5, 0.6) is 5.75 Å². The normalized spacial score (nSPS) is 12.9. The van der Waals surface area contributed by atoms with E-state index in [1.54, 1.807) is 31.4 Å². The second-order valence-electron chi connectivity index (χ2n) is 6.85. The summed E-state index contributed by atoms with van der Waals surface area (Å²) in [6.45, 7) is 0.406. The van der Waals surface area contributed by atoms with E-state index in [0.29, 0.717) is 23.1 Å². The molecule has 1 aliphatic rings. The zero-order chi connectivity index (χ0) is 20.4. The predicted molar refractivity (Wildman–Crippen MR) is 109 cm³/mol. The minimum absolute atomic E-state index is 0.0385. The fourth-order valence-corrected chi connectivity index (χ4v) is 3.53. The molecule has 1 N–H and O–H groups in total. The Bertz CT molecular complexity index is 1050. The van der Waals surface area contributed by atoms with Crippen molar-refractivity contribution in [1.29, 1.82) is 0 Å². The van der Waals surface area contributed by atoms with Gasteiger partial charge in [-0.15, -0.1) is 0 Å². The van der Waals surface area contributed by atoms with Crippen LogP contribution < -0.4 is 10.1 Å². The highest BCUT2D eigenvalue weighted by Gasteiger charge is 2.32. The maximum absolute atomic E-state index is 12.8. The van der Waals surface area contributed by atoms with Crippen LogP contribution in [0.4, 0.5) is 0 Å². The summed E-state index contributed by atoms with van der Waals surface area (Å²) in [5.41, 5.74) is 1.93. The topological polar surface area (TPSA) is 75.7 Å². The SMILES string of the molecule is COc1ccc(CNC(=O)CCN2C(=O)c3cccc4cccc(c34)C2=O)cc1. The Balaban J connectivity index is 1.41. The molecule has 6 heteroatoms. The third kappa shape index (κ3) is 3.57. The lowest BCUT2D eigenvalue weighted by Gasteiger charge is -2.27. The lowest BCUT2D eigenvalue weighted by molar-refractivity contribution is -0.121. The van der Waals surface area contributed by atoms with Gasteiger partial charge in [-0.1, -0.05) is 36.4 Å². The van der Waals surface area contributed by atoms with Gasteiger partial charge < -0.3 is 10.1 Å². The molecule has 0 radical (unpaired) electrons. The van der Waals surface area contributed by atoms with Crippen LogP contribution in [0.15, 0.2) is 60.7 Å². The molecular weight excluding hydrogens is 368 g/mol. The number of ether oxygens (including phenoxy) is 1. The Labute approximate surface area is 168 Å². The van der Waals surface area contributed by atoms with E-state index in [-0.39, 0.29) is 30.7 Å². The molecule has 0 saturated carbocycles. The van der Waals surface area contributed by atoms with Crippen LogP contribution >= 0.6 is 0 Å². The lowest BCUT2D eigenvalue weighted by Crippen LogP contribution is -2.42. The van der Waals surface area contributed by atoms with Crippen molar-refractivity contribution in [1.82, 2.24) is 10.2 Å². The van der Waals surface area contributed by atoms with Crippen molar-refractivity contribution in [3.8, 4) is 5.75 Å². The van der Waals surface area contributed by atoms with Crippen molar-refractivity contribution in [3.63, 3.8) is 0 Å². The van der Waals surface area contributed by atoms with Gasteiger partial charge in [0.15, 0.2) is 0 Å². The summed E-state index contributed by atoms with van der Waals surface area (Å²) < 4.78 is 5.11. The molecule has 3 amide bonds. The van der Waals surface area contributed by atoms with Crippen LogP contribution in [0.3, 0.4) is 0 Å². The van der Waals surface area contributed by atoms with Crippen LogP contribution in [0.1, 0.15) is 32.7 Å². The van der Waals surface area contributed by atoms with Gasteiger partial charge in [0.1, 0.15) is 5.75 Å². The number of benzene rings is 3. The van der Waals surface area contributed by atoms with Crippen molar-refractivity contribution < 1.29 is 19.1 Å². The molecule has 0 spiro atoms. The van der Waals surface area contributed by atoms with E-state index in [1.165, 1.54) is 0 Å². The summed E-state index contributed by atoms with van der Waals surface area (Å²) in [5.74, 6) is -0.194. The molecule has 0 aromatic heterocycles. The van der Waals surface area contributed by atoms with E-state index in [9.17, 15) is 14.4 Å². The molecule has 6 nitrogen and oxygen atoms in total. The van der Waals surface area contributed by atoms with E-state index >= 15 is 0 Å². The minimum Gasteiger partial charge on any atom is -0.497 e. The van der Waals surface area contributed by atoms with Crippen molar-refractivity contribution >= 4 is 28.5 Å². The number of imide groups is 1. The molecule has 0 bridgehead atoms. The highest BCUT2D eigenvalue weighted by molar-refractivity contribution is 6.25. The number of methoxy groups -OCH3 is 1. The second-order valence-corrected chi connectivity index (χ2v) is 6.85. The zero-order valence-corrected chi connectivity index (χ0v) is 16.0. The molecular formula is C23H20N2O4. The van der Waals surface area contributed by atoms with E-state index in [1.807, 2.05) is 36.4 Å². The van der Waals surface area contributed by atoms with Gasteiger partial charge in [0.25, 0.3) is 11.8 Å². The Kier molecular flexibility index (Phi) is 4.99. The molecule has 1 heterocycles. The first kappa shape index (κ1) is 18.7. The lowest BCUT2D eigenvalue weighted by atomic mass is 9.94. The summed E-state index contributed by atoms with van der Waals surface area (Å²) in [6, 6.07) is 18.2. The van der Waals surface area contributed by atoms with Gasteiger partial charge in [-0.25, -0.2) is 0 Å². The van der Waals surface area contributed by atoms with Crippen molar-refractivity contribution in [2.24, 2.45) is 0 Å². The summed E-state index contributed by atoms with van der Waals surface area (Å²) in [7, 11) is 1.60. The average molecular weight is 388 g/mol. The fraction of sp³-hybridized carbons (Fsp3) is 0.174. The molecule has 3 aromatic rings. The Morgan fingerprint density at radius 2 is 1.55 bits per heavy atom. The molecule has 4 rings (SSSR count). The smallest absolute Gasteiger partial charge is 0.261 e. The third-order valence-corrected chi connectivity index (χ3v) is 5.07. The zero-order valence-electron chi connectivity index (χ0n) is 16.0. The standard InChI is InChI=1S/C23H20N2O4/c1-29-17-10-8-15(9-11-17)14-24-20(26)12-13-25-22(27)18-6-2-4-16-5-3-7-19(21(16)18)23(25)28/h2-11H,12-14H2,1H3,(H,24,26). The van der Waals surface area contributed by atoms with Gasteiger partial charge in [-0.3, -0.25) is 19.3 Å². The molecule has 0 atom stereocenters. The van der Waals surface area contributed by atoms with Crippen LogP contribution in [-0.2, 0) is 11.3 Å². The van der Waals surface area contributed by atoms with Gasteiger partial charge in [0, 0.05) is 36.0 Å². The largest absolute Gasteiger partial charge is 0.497 e. The number of nitrogens with one attached hydrogen (secondary N) is 1. The number of amides is 3. The average Bonchev–Trinajstić information content (AvgIpc) is 2.76. The van der Waals surface area contributed by atoms with Crippen LogP contribution in [0, 0.1) is 0 Å². The third-order valence-electron chi connectivity index (χ3n) is 5.07. The van der Waals surface area contributed by atoms with E-state index < -0.39 is 0 Å². The number of carbonyl (C=O) groups is 3. The van der Waals surface area contributed by atoms with Crippen molar-refractivity contribution in [3.05, 3.63) is 77.4 Å². The van der Waals surface area contributed by atoms with Gasteiger partial charge in [0.05, 0.1) is 7.11 Å². The maximum atomic E-state index is 12.8. The first-order valence-electron chi connectivity index (χ1n) is 9.36. The van der Waals surface area contributed by atoms with E-state index in [2.05, 4.69) is 5.32 Å². The van der Waals surface area contributed by atoms with Crippen molar-refractivity contribution in [2.75, 3.05) is 13.7 Å². The molecule has 0 fully saturated rings. The predicted octanol–water partition coefficient (Wildman–Crippen LogP) is 3.15. The van der Waals surface area contributed by atoms with Gasteiger partial charge in [-0.05, 0) is 35.2 Å². The minimum atomic E-state index is -0.359. The van der Waals surface area contributed by atoms with E-state index in [0.717, 1.165) is 21.6 Å². The Morgan fingerprint density at radius 1 is 0.931 bits per heavy atom. The number of hydrogen-bond acceptors (Lipinski definition) is 4. The Morgan fingerprint density at radius 3 is 2.14 bits per heavy atom. The summed E-state index contributed by atoms with van der Waals surface area (Å²) >= 11 is 0. The monoisotopic (exact) mass is 388 g/mol. The van der Waals surface area contributed by atoms with Gasteiger partial charge >= 0.3 is 0 Å². The first-order valence-corrected chi connectivity index (χ1v) is 9.36. The molecule has 0 saturated heterocycles. The first-order chi connectivity index (χ1) is 14.1. The Hall–Kier alpha value is -3.67. The van der Waals surface area contributed by atoms with Gasteiger partial charge in [-0.2, -0.15) is 0 Å². The summed E-state index contributed by atoms with van der Waals surface area (Å²) in [5, 5.41) is 4.36. The number of nitrogens with zero attached hydrogens (tertiary/aromatic N) is 1. The second kappa shape index (κ2) is 7.75. The molecule has 146 valence electrons. The van der Waals surface area contributed by atoms with Gasteiger partial charge in [0.2, 0.25) is 5.91 Å².